The van der Waals surface area contributed by atoms with Gasteiger partial charge in [0.05, 0.1) is 10.9 Å². The van der Waals surface area contributed by atoms with Gasteiger partial charge in [-0.2, -0.15) is 0 Å². The van der Waals surface area contributed by atoms with Gasteiger partial charge in [-0.15, -0.1) is 0 Å². The van der Waals surface area contributed by atoms with E-state index in [9.17, 15) is 14.4 Å². The lowest BCUT2D eigenvalue weighted by Gasteiger charge is -2.14. The van der Waals surface area contributed by atoms with E-state index in [4.69, 9.17) is 0 Å². The lowest BCUT2D eigenvalue weighted by molar-refractivity contribution is -0.121. The number of aryl methyl sites for hydroxylation is 1. The Hall–Kier alpha value is -3.15. The minimum absolute atomic E-state index is 0.108. The van der Waals surface area contributed by atoms with Gasteiger partial charge in [0.15, 0.2) is 0 Å². The van der Waals surface area contributed by atoms with E-state index in [1.807, 2.05) is 30.3 Å². The number of nitrogens with zero attached hydrogens (tertiary/aromatic N) is 2. The standard InChI is InChI=1S/C23H27N3O3/c1-17(2)12-14-24-21(27)16-26-20-11-7-6-10-19(20)22(28)25(23(26)29)15-13-18-8-4-3-5-9-18/h3-11,17H,12-16H2,1-2H3,(H,24,27). The number of hydrogen-bond donors (Lipinski definition) is 1. The van der Waals surface area contributed by atoms with Crippen LogP contribution in [0.4, 0.5) is 0 Å². The molecule has 6 nitrogen and oxygen atoms in total. The number of nitrogens with one attached hydrogen (secondary N) is 1. The van der Waals surface area contributed by atoms with Crippen LogP contribution in [0.15, 0.2) is 64.2 Å². The van der Waals surface area contributed by atoms with Gasteiger partial charge in [0.1, 0.15) is 6.54 Å². The van der Waals surface area contributed by atoms with Crippen LogP contribution in [-0.2, 0) is 24.3 Å². The van der Waals surface area contributed by atoms with Crippen molar-refractivity contribution in [3.05, 3.63) is 81.0 Å². The molecule has 152 valence electrons. The second-order valence-corrected chi connectivity index (χ2v) is 7.61. The highest BCUT2D eigenvalue weighted by Crippen LogP contribution is 2.08. The molecule has 2 aromatic carbocycles. The molecule has 6 heteroatoms. The minimum Gasteiger partial charge on any atom is -0.355 e. The molecule has 1 N–H and O–H groups in total. The molecule has 0 aliphatic heterocycles. The van der Waals surface area contributed by atoms with Crippen LogP contribution >= 0.6 is 0 Å². The summed E-state index contributed by atoms with van der Waals surface area (Å²) in [6, 6.07) is 16.7. The molecule has 1 aromatic heterocycles. The molecule has 0 aliphatic rings. The third-order valence-corrected chi connectivity index (χ3v) is 4.94. The minimum atomic E-state index is -0.455. The summed E-state index contributed by atoms with van der Waals surface area (Å²) in [5.74, 6) is 0.255. The number of benzene rings is 2. The van der Waals surface area contributed by atoms with Crippen LogP contribution in [0.1, 0.15) is 25.8 Å². The van der Waals surface area contributed by atoms with Crippen LogP contribution in [0.5, 0.6) is 0 Å². The molecule has 0 unspecified atom stereocenters. The highest BCUT2D eigenvalue weighted by atomic mass is 16.2. The van der Waals surface area contributed by atoms with Crippen molar-refractivity contribution < 1.29 is 4.79 Å². The van der Waals surface area contributed by atoms with E-state index < -0.39 is 5.69 Å². The van der Waals surface area contributed by atoms with Crippen molar-refractivity contribution in [3.8, 4) is 0 Å². The molecule has 0 saturated heterocycles. The number of aromatic nitrogens is 2. The lowest BCUT2D eigenvalue weighted by atomic mass is 10.1. The molecular weight excluding hydrogens is 366 g/mol. The van der Waals surface area contributed by atoms with E-state index in [1.165, 1.54) is 9.13 Å². The maximum Gasteiger partial charge on any atom is 0.331 e. The van der Waals surface area contributed by atoms with E-state index in [0.717, 1.165) is 12.0 Å². The molecule has 0 saturated carbocycles. The van der Waals surface area contributed by atoms with E-state index in [1.54, 1.807) is 24.3 Å². The Morgan fingerprint density at radius 1 is 0.966 bits per heavy atom. The van der Waals surface area contributed by atoms with Gasteiger partial charge in [-0.25, -0.2) is 4.79 Å². The zero-order valence-corrected chi connectivity index (χ0v) is 16.9. The average Bonchev–Trinajstić information content (AvgIpc) is 2.71. The first-order valence-electron chi connectivity index (χ1n) is 10.0. The van der Waals surface area contributed by atoms with Crippen LogP contribution in [0.3, 0.4) is 0 Å². The van der Waals surface area contributed by atoms with Gasteiger partial charge in [0, 0.05) is 13.1 Å². The van der Waals surface area contributed by atoms with Gasteiger partial charge < -0.3 is 5.32 Å². The van der Waals surface area contributed by atoms with Crippen LogP contribution < -0.4 is 16.6 Å². The summed E-state index contributed by atoms with van der Waals surface area (Å²) in [6.07, 6.45) is 1.44. The Bertz CT molecular complexity index is 1100. The molecule has 1 heterocycles. The maximum atomic E-state index is 13.1. The monoisotopic (exact) mass is 393 g/mol. The Labute approximate surface area is 169 Å². The van der Waals surface area contributed by atoms with Crippen LogP contribution in [0.25, 0.3) is 10.9 Å². The number of amides is 1. The maximum absolute atomic E-state index is 13.1. The summed E-state index contributed by atoms with van der Waals surface area (Å²) in [5, 5.41) is 3.30. The van der Waals surface area contributed by atoms with Crippen LogP contribution in [-0.4, -0.2) is 21.6 Å². The van der Waals surface area contributed by atoms with Crippen LogP contribution in [0, 0.1) is 5.92 Å². The SMILES string of the molecule is CC(C)CCNC(=O)Cn1c(=O)n(CCc2ccccc2)c(=O)c2ccccc21. The summed E-state index contributed by atoms with van der Waals surface area (Å²) in [5.41, 5.74) is 0.754. The molecule has 0 atom stereocenters. The number of hydrogen-bond acceptors (Lipinski definition) is 3. The molecule has 29 heavy (non-hydrogen) atoms. The predicted molar refractivity (Wildman–Crippen MR) is 115 cm³/mol. The molecule has 0 radical (unpaired) electrons. The van der Waals surface area contributed by atoms with E-state index >= 15 is 0 Å². The Balaban J connectivity index is 1.92. The van der Waals surface area contributed by atoms with Crippen molar-refractivity contribution in [3.63, 3.8) is 0 Å². The molecular formula is C23H27N3O3. The van der Waals surface area contributed by atoms with Crippen molar-refractivity contribution in [2.45, 2.75) is 39.8 Å². The number of carbonyl (C=O) groups is 1. The normalized spacial score (nSPS) is 11.1. The average molecular weight is 393 g/mol. The van der Waals surface area contributed by atoms with E-state index in [0.29, 0.717) is 29.8 Å². The second-order valence-electron chi connectivity index (χ2n) is 7.61. The summed E-state index contributed by atoms with van der Waals surface area (Å²) >= 11 is 0. The third-order valence-electron chi connectivity index (χ3n) is 4.94. The second kappa shape index (κ2) is 9.37. The highest BCUT2D eigenvalue weighted by Gasteiger charge is 2.15. The van der Waals surface area contributed by atoms with Crippen molar-refractivity contribution in [2.24, 2.45) is 5.92 Å². The quantitative estimate of drug-likeness (QED) is 0.639. The molecule has 0 spiro atoms. The number of para-hydroxylation sites is 1. The molecule has 1 amide bonds. The van der Waals surface area contributed by atoms with Gasteiger partial charge >= 0.3 is 5.69 Å². The fourth-order valence-electron chi connectivity index (χ4n) is 3.31. The van der Waals surface area contributed by atoms with Gasteiger partial charge in [-0.1, -0.05) is 56.3 Å². The number of rotatable bonds is 8. The Morgan fingerprint density at radius 2 is 1.66 bits per heavy atom. The van der Waals surface area contributed by atoms with Crippen molar-refractivity contribution in [1.82, 2.24) is 14.5 Å². The summed E-state index contributed by atoms with van der Waals surface area (Å²) in [7, 11) is 0. The van der Waals surface area contributed by atoms with Gasteiger partial charge in [0.2, 0.25) is 5.91 Å². The Morgan fingerprint density at radius 3 is 2.38 bits per heavy atom. The molecule has 0 fully saturated rings. The molecule has 0 bridgehead atoms. The summed E-state index contributed by atoms with van der Waals surface area (Å²) < 4.78 is 2.63. The first-order chi connectivity index (χ1) is 14.0. The van der Waals surface area contributed by atoms with Crippen molar-refractivity contribution in [1.29, 1.82) is 0 Å². The smallest absolute Gasteiger partial charge is 0.331 e. The molecule has 3 aromatic rings. The van der Waals surface area contributed by atoms with Gasteiger partial charge in [-0.3, -0.25) is 18.7 Å². The van der Waals surface area contributed by atoms with Crippen molar-refractivity contribution >= 4 is 16.8 Å². The zero-order valence-electron chi connectivity index (χ0n) is 16.9. The number of fused-ring (bicyclic) bond motifs is 1. The van der Waals surface area contributed by atoms with Crippen molar-refractivity contribution in [2.75, 3.05) is 6.54 Å². The highest BCUT2D eigenvalue weighted by molar-refractivity contribution is 5.81. The number of carbonyl (C=O) groups excluding carboxylic acids is 1. The first kappa shape index (κ1) is 20.6. The summed E-state index contributed by atoms with van der Waals surface area (Å²) in [4.78, 5) is 38.4. The lowest BCUT2D eigenvalue weighted by Crippen LogP contribution is -2.43. The fourth-order valence-corrected chi connectivity index (χ4v) is 3.31. The predicted octanol–water partition coefficient (Wildman–Crippen LogP) is 2.57. The fraction of sp³-hybridized carbons (Fsp3) is 0.348. The van der Waals surface area contributed by atoms with Gasteiger partial charge in [-0.05, 0) is 36.5 Å². The Kier molecular flexibility index (Phi) is 6.65. The van der Waals surface area contributed by atoms with E-state index in [2.05, 4.69) is 19.2 Å². The van der Waals surface area contributed by atoms with E-state index in [-0.39, 0.29) is 24.6 Å². The van der Waals surface area contributed by atoms with Gasteiger partial charge in [0.25, 0.3) is 5.56 Å². The zero-order chi connectivity index (χ0) is 20.8. The topological polar surface area (TPSA) is 73.1 Å². The van der Waals surface area contributed by atoms with Crippen LogP contribution in [0.2, 0.25) is 0 Å². The first-order valence-corrected chi connectivity index (χ1v) is 10.0. The molecule has 3 rings (SSSR count). The third kappa shape index (κ3) is 5.02. The largest absolute Gasteiger partial charge is 0.355 e. The summed E-state index contributed by atoms with van der Waals surface area (Å²) in [6.45, 7) is 4.90. The molecule has 0 aliphatic carbocycles.